The van der Waals surface area contributed by atoms with Crippen molar-refractivity contribution in [3.8, 4) is 0 Å². The fourth-order valence-corrected chi connectivity index (χ4v) is 2.50. The highest BCUT2D eigenvalue weighted by molar-refractivity contribution is 5.81. The molecule has 1 heterocycles. The van der Waals surface area contributed by atoms with E-state index in [1.807, 2.05) is 0 Å². The summed E-state index contributed by atoms with van der Waals surface area (Å²) in [5.41, 5.74) is 0. The van der Waals surface area contributed by atoms with Gasteiger partial charge in [0, 0.05) is 12.5 Å². The van der Waals surface area contributed by atoms with Crippen LogP contribution in [0.15, 0.2) is 12.7 Å². The van der Waals surface area contributed by atoms with E-state index in [0.717, 1.165) is 18.9 Å². The summed E-state index contributed by atoms with van der Waals surface area (Å²) in [6.45, 7) is 4.03. The highest BCUT2D eigenvalue weighted by atomic mass is 16.7. The SMILES string of the molecule is C=CC(=O)OC1CCC(C(=O)OC2CCCO2)CC1. The average molecular weight is 268 g/mol. The second-order valence-electron chi connectivity index (χ2n) is 4.99. The molecule has 1 saturated heterocycles. The molecule has 2 fully saturated rings. The third-order valence-corrected chi connectivity index (χ3v) is 3.59. The van der Waals surface area contributed by atoms with Crippen LogP contribution in [-0.2, 0) is 23.8 Å². The minimum Gasteiger partial charge on any atom is -0.459 e. The average Bonchev–Trinajstić information content (AvgIpc) is 2.92. The Balaban J connectivity index is 1.71. The molecule has 1 aliphatic heterocycles. The Morgan fingerprint density at radius 1 is 1.11 bits per heavy atom. The number of carbonyl (C=O) groups excluding carboxylic acids is 2. The van der Waals surface area contributed by atoms with Crippen LogP contribution < -0.4 is 0 Å². The zero-order chi connectivity index (χ0) is 13.7. The molecular formula is C14H20O5. The Morgan fingerprint density at radius 2 is 1.84 bits per heavy atom. The minimum atomic E-state index is -0.398. The molecule has 106 valence electrons. The van der Waals surface area contributed by atoms with Crippen molar-refractivity contribution in [2.75, 3.05) is 6.61 Å². The van der Waals surface area contributed by atoms with Gasteiger partial charge in [0.1, 0.15) is 6.10 Å². The lowest BCUT2D eigenvalue weighted by atomic mass is 9.87. The molecular weight excluding hydrogens is 248 g/mol. The van der Waals surface area contributed by atoms with Crippen molar-refractivity contribution in [2.24, 2.45) is 5.92 Å². The molecule has 2 rings (SSSR count). The number of hydrogen-bond acceptors (Lipinski definition) is 5. The van der Waals surface area contributed by atoms with Gasteiger partial charge in [-0.15, -0.1) is 0 Å². The van der Waals surface area contributed by atoms with Crippen LogP contribution >= 0.6 is 0 Å². The third-order valence-electron chi connectivity index (χ3n) is 3.59. The van der Waals surface area contributed by atoms with Crippen LogP contribution in [0.1, 0.15) is 38.5 Å². The maximum absolute atomic E-state index is 11.9. The fourth-order valence-electron chi connectivity index (χ4n) is 2.50. The van der Waals surface area contributed by atoms with Gasteiger partial charge in [-0.25, -0.2) is 4.79 Å². The van der Waals surface area contributed by atoms with E-state index in [9.17, 15) is 9.59 Å². The van der Waals surface area contributed by atoms with Gasteiger partial charge in [0.2, 0.25) is 6.29 Å². The van der Waals surface area contributed by atoms with Crippen molar-refractivity contribution in [3.05, 3.63) is 12.7 Å². The first-order valence-electron chi connectivity index (χ1n) is 6.84. The second-order valence-corrected chi connectivity index (χ2v) is 4.99. The lowest BCUT2D eigenvalue weighted by Crippen LogP contribution is -2.30. The predicted molar refractivity (Wildman–Crippen MR) is 67.1 cm³/mol. The highest BCUT2D eigenvalue weighted by Crippen LogP contribution is 2.28. The van der Waals surface area contributed by atoms with Crippen molar-refractivity contribution in [1.29, 1.82) is 0 Å². The molecule has 0 amide bonds. The van der Waals surface area contributed by atoms with Crippen molar-refractivity contribution < 1.29 is 23.8 Å². The molecule has 5 nitrogen and oxygen atoms in total. The maximum atomic E-state index is 11.9. The van der Waals surface area contributed by atoms with Gasteiger partial charge in [0.15, 0.2) is 0 Å². The Labute approximate surface area is 112 Å². The summed E-state index contributed by atoms with van der Waals surface area (Å²) in [6.07, 6.45) is 5.23. The van der Waals surface area contributed by atoms with Gasteiger partial charge in [-0.2, -0.15) is 0 Å². The topological polar surface area (TPSA) is 61.8 Å². The van der Waals surface area contributed by atoms with E-state index >= 15 is 0 Å². The smallest absolute Gasteiger partial charge is 0.330 e. The number of carbonyl (C=O) groups is 2. The van der Waals surface area contributed by atoms with E-state index < -0.39 is 5.97 Å². The van der Waals surface area contributed by atoms with Gasteiger partial charge in [0.25, 0.3) is 0 Å². The Bertz CT molecular complexity index is 338. The van der Waals surface area contributed by atoms with Gasteiger partial charge in [0.05, 0.1) is 12.5 Å². The van der Waals surface area contributed by atoms with E-state index in [1.165, 1.54) is 0 Å². The van der Waals surface area contributed by atoms with E-state index in [-0.39, 0.29) is 24.3 Å². The lowest BCUT2D eigenvalue weighted by Gasteiger charge is -2.27. The molecule has 2 aliphatic rings. The van der Waals surface area contributed by atoms with Gasteiger partial charge in [-0.05, 0) is 32.1 Å². The molecule has 0 aromatic heterocycles. The van der Waals surface area contributed by atoms with Gasteiger partial charge >= 0.3 is 11.9 Å². The molecule has 19 heavy (non-hydrogen) atoms. The van der Waals surface area contributed by atoms with Crippen LogP contribution in [0.2, 0.25) is 0 Å². The van der Waals surface area contributed by atoms with E-state index in [1.54, 1.807) is 0 Å². The normalized spacial score (nSPS) is 30.6. The summed E-state index contributed by atoms with van der Waals surface area (Å²) in [7, 11) is 0. The molecule has 5 heteroatoms. The van der Waals surface area contributed by atoms with E-state index in [4.69, 9.17) is 14.2 Å². The van der Waals surface area contributed by atoms with Crippen LogP contribution in [0.5, 0.6) is 0 Å². The Kier molecular flexibility index (Phi) is 4.96. The maximum Gasteiger partial charge on any atom is 0.330 e. The fraction of sp³-hybridized carbons (Fsp3) is 0.714. The summed E-state index contributed by atoms with van der Waals surface area (Å²) in [5.74, 6) is -0.673. The number of hydrogen-bond donors (Lipinski definition) is 0. The summed E-state index contributed by atoms with van der Waals surface area (Å²) in [5, 5.41) is 0. The largest absolute Gasteiger partial charge is 0.459 e. The van der Waals surface area contributed by atoms with Gasteiger partial charge in [-0.1, -0.05) is 6.58 Å². The number of esters is 2. The van der Waals surface area contributed by atoms with E-state index in [0.29, 0.717) is 32.3 Å². The van der Waals surface area contributed by atoms with Gasteiger partial charge < -0.3 is 14.2 Å². The molecule has 0 spiro atoms. The van der Waals surface area contributed by atoms with Crippen LogP contribution in [-0.4, -0.2) is 30.9 Å². The quantitative estimate of drug-likeness (QED) is 0.576. The molecule has 0 aromatic carbocycles. The highest BCUT2D eigenvalue weighted by Gasteiger charge is 2.31. The standard InChI is InChI=1S/C14H20O5/c1-2-12(15)18-11-7-5-10(6-8-11)14(16)19-13-4-3-9-17-13/h2,10-11,13H,1,3-9H2. The second kappa shape index (κ2) is 6.70. The molecule has 1 aliphatic carbocycles. The van der Waals surface area contributed by atoms with Crippen molar-refractivity contribution in [2.45, 2.75) is 50.9 Å². The first-order valence-corrected chi connectivity index (χ1v) is 6.84. The number of ether oxygens (including phenoxy) is 3. The third kappa shape index (κ3) is 4.06. The zero-order valence-corrected chi connectivity index (χ0v) is 11.0. The summed E-state index contributed by atoms with van der Waals surface area (Å²) >= 11 is 0. The van der Waals surface area contributed by atoms with Crippen molar-refractivity contribution in [1.82, 2.24) is 0 Å². The van der Waals surface area contributed by atoms with Crippen LogP contribution in [0.3, 0.4) is 0 Å². The Hall–Kier alpha value is -1.36. The molecule has 1 saturated carbocycles. The lowest BCUT2D eigenvalue weighted by molar-refractivity contribution is -0.176. The van der Waals surface area contributed by atoms with Crippen molar-refractivity contribution in [3.63, 3.8) is 0 Å². The molecule has 0 aromatic rings. The van der Waals surface area contributed by atoms with Gasteiger partial charge in [-0.3, -0.25) is 4.79 Å². The van der Waals surface area contributed by atoms with E-state index in [2.05, 4.69) is 6.58 Å². The minimum absolute atomic E-state index is 0.0946. The Morgan fingerprint density at radius 3 is 2.42 bits per heavy atom. The number of rotatable bonds is 4. The monoisotopic (exact) mass is 268 g/mol. The summed E-state index contributed by atoms with van der Waals surface area (Å²) in [4.78, 5) is 23.0. The first-order chi connectivity index (χ1) is 9.19. The van der Waals surface area contributed by atoms with Crippen LogP contribution in [0.4, 0.5) is 0 Å². The zero-order valence-electron chi connectivity index (χ0n) is 11.0. The first kappa shape index (κ1) is 14.1. The molecule has 0 radical (unpaired) electrons. The molecule has 1 unspecified atom stereocenters. The summed E-state index contributed by atoms with van der Waals surface area (Å²) in [6, 6.07) is 0. The van der Waals surface area contributed by atoms with Crippen LogP contribution in [0, 0.1) is 5.92 Å². The molecule has 0 N–H and O–H groups in total. The van der Waals surface area contributed by atoms with Crippen LogP contribution in [0.25, 0.3) is 0 Å². The predicted octanol–water partition coefficient (Wildman–Crippen LogP) is 1.95. The summed E-state index contributed by atoms with van der Waals surface area (Å²) < 4.78 is 15.8. The van der Waals surface area contributed by atoms with Crippen molar-refractivity contribution >= 4 is 11.9 Å². The molecule has 1 atom stereocenters. The molecule has 0 bridgehead atoms.